The van der Waals surface area contributed by atoms with Crippen LogP contribution >= 0.6 is 0 Å². The van der Waals surface area contributed by atoms with E-state index in [0.29, 0.717) is 5.75 Å². The van der Waals surface area contributed by atoms with Crippen molar-refractivity contribution in [1.29, 1.82) is 0 Å². The molecule has 1 aliphatic rings. The maximum absolute atomic E-state index is 12.7. The molecule has 0 aromatic heterocycles. The molecule has 4 nitrogen and oxygen atoms in total. The minimum atomic E-state index is -0.901. The Balaban J connectivity index is 2.21. The molecule has 1 amide bonds. The lowest BCUT2D eigenvalue weighted by Gasteiger charge is -2.29. The molecule has 1 heterocycles. The average molecular weight is 294 g/mol. The van der Waals surface area contributed by atoms with Crippen molar-refractivity contribution < 1.29 is 9.00 Å². The lowest BCUT2D eigenvalue weighted by Crippen LogP contribution is -2.45. The Kier molecular flexibility index (Phi) is 4.94. The topological polar surface area (TPSA) is 49.4 Å². The Hall–Kier alpha value is -1.20. The SMILES string of the molecule is CCC1NC(c2ccccc2)C(=O)N1C(C)CS(C)=O. The van der Waals surface area contributed by atoms with Crippen LogP contribution in [0.25, 0.3) is 0 Å². The van der Waals surface area contributed by atoms with Gasteiger partial charge in [0, 0.05) is 28.9 Å². The summed E-state index contributed by atoms with van der Waals surface area (Å²) in [5.41, 5.74) is 0.989. The lowest BCUT2D eigenvalue weighted by atomic mass is 10.1. The molecule has 0 spiro atoms. The van der Waals surface area contributed by atoms with Crippen molar-refractivity contribution in [2.75, 3.05) is 12.0 Å². The molecule has 0 saturated carbocycles. The van der Waals surface area contributed by atoms with Crippen molar-refractivity contribution in [3.63, 3.8) is 0 Å². The highest BCUT2D eigenvalue weighted by Gasteiger charge is 2.41. The second-order valence-electron chi connectivity index (χ2n) is 5.27. The second kappa shape index (κ2) is 6.50. The van der Waals surface area contributed by atoms with Crippen LogP contribution in [0.1, 0.15) is 31.9 Å². The van der Waals surface area contributed by atoms with Crippen LogP contribution in [0, 0.1) is 0 Å². The van der Waals surface area contributed by atoms with Gasteiger partial charge in [0.2, 0.25) is 5.91 Å². The number of nitrogens with one attached hydrogen (secondary N) is 1. The van der Waals surface area contributed by atoms with Crippen LogP contribution in [0.5, 0.6) is 0 Å². The van der Waals surface area contributed by atoms with E-state index >= 15 is 0 Å². The standard InChI is InChI=1S/C15H22N2O2S/c1-4-13-16-14(12-8-6-5-7-9-12)15(18)17(13)11(2)10-20(3)19/h5-9,11,13-14,16H,4,10H2,1-3H3. The van der Waals surface area contributed by atoms with Crippen LogP contribution in [0.2, 0.25) is 0 Å². The monoisotopic (exact) mass is 294 g/mol. The van der Waals surface area contributed by atoms with Crippen molar-refractivity contribution in [3.05, 3.63) is 35.9 Å². The summed E-state index contributed by atoms with van der Waals surface area (Å²) in [5.74, 6) is 0.604. The van der Waals surface area contributed by atoms with Gasteiger partial charge >= 0.3 is 0 Å². The summed E-state index contributed by atoms with van der Waals surface area (Å²) in [6, 6.07) is 9.47. The van der Waals surface area contributed by atoms with Gasteiger partial charge in [-0.2, -0.15) is 0 Å². The fourth-order valence-electron chi connectivity index (χ4n) is 2.79. The van der Waals surface area contributed by atoms with Gasteiger partial charge in [0.15, 0.2) is 0 Å². The molecule has 110 valence electrons. The van der Waals surface area contributed by atoms with Gasteiger partial charge in [0.25, 0.3) is 0 Å². The van der Waals surface area contributed by atoms with Crippen molar-refractivity contribution >= 4 is 16.7 Å². The predicted octanol–water partition coefficient (Wildman–Crippen LogP) is 1.66. The molecule has 0 bridgehead atoms. The van der Waals surface area contributed by atoms with Crippen LogP contribution < -0.4 is 5.32 Å². The summed E-state index contributed by atoms with van der Waals surface area (Å²) in [4.78, 5) is 14.5. The van der Waals surface area contributed by atoms with E-state index in [1.807, 2.05) is 42.2 Å². The molecular weight excluding hydrogens is 272 g/mol. The largest absolute Gasteiger partial charge is 0.322 e. The molecular formula is C15H22N2O2S. The molecule has 1 aromatic carbocycles. The van der Waals surface area contributed by atoms with Gasteiger partial charge in [0.1, 0.15) is 6.04 Å². The molecule has 5 heteroatoms. The van der Waals surface area contributed by atoms with Crippen LogP contribution in [-0.4, -0.2) is 39.2 Å². The molecule has 2 rings (SSSR count). The highest BCUT2D eigenvalue weighted by Crippen LogP contribution is 2.27. The van der Waals surface area contributed by atoms with E-state index in [0.717, 1.165) is 12.0 Å². The molecule has 0 radical (unpaired) electrons. The zero-order valence-corrected chi connectivity index (χ0v) is 13.0. The lowest BCUT2D eigenvalue weighted by molar-refractivity contribution is -0.131. The molecule has 1 fully saturated rings. The minimum Gasteiger partial charge on any atom is -0.322 e. The zero-order chi connectivity index (χ0) is 14.7. The summed E-state index contributed by atoms with van der Waals surface area (Å²) in [5, 5.41) is 3.39. The number of rotatable bonds is 5. The van der Waals surface area contributed by atoms with Gasteiger partial charge in [0.05, 0.1) is 6.17 Å². The Morgan fingerprint density at radius 1 is 1.35 bits per heavy atom. The summed E-state index contributed by atoms with van der Waals surface area (Å²) in [7, 11) is -0.901. The molecule has 4 unspecified atom stereocenters. The third-order valence-corrected chi connectivity index (χ3v) is 4.62. The van der Waals surface area contributed by atoms with Crippen molar-refractivity contribution in [1.82, 2.24) is 10.2 Å². The van der Waals surface area contributed by atoms with Gasteiger partial charge in [-0.05, 0) is 18.9 Å². The summed E-state index contributed by atoms with van der Waals surface area (Å²) < 4.78 is 11.4. The number of nitrogens with zero attached hydrogens (tertiary/aromatic N) is 1. The first-order valence-corrected chi connectivity index (χ1v) is 8.70. The van der Waals surface area contributed by atoms with E-state index in [1.54, 1.807) is 6.26 Å². The third-order valence-electron chi connectivity index (χ3n) is 3.67. The van der Waals surface area contributed by atoms with E-state index in [4.69, 9.17) is 0 Å². The van der Waals surface area contributed by atoms with Gasteiger partial charge in [-0.15, -0.1) is 0 Å². The average Bonchev–Trinajstić information content (AvgIpc) is 2.76. The van der Waals surface area contributed by atoms with Gasteiger partial charge in [-0.25, -0.2) is 0 Å². The highest BCUT2D eigenvalue weighted by molar-refractivity contribution is 7.84. The molecule has 4 atom stereocenters. The fraction of sp³-hybridized carbons (Fsp3) is 0.533. The maximum atomic E-state index is 12.7. The minimum absolute atomic E-state index is 0.0144. The molecule has 1 N–H and O–H groups in total. The quantitative estimate of drug-likeness (QED) is 0.898. The number of hydrogen-bond acceptors (Lipinski definition) is 3. The first-order chi connectivity index (χ1) is 9.54. The highest BCUT2D eigenvalue weighted by atomic mass is 32.2. The molecule has 1 aliphatic heterocycles. The number of carbonyl (C=O) groups excluding carboxylic acids is 1. The van der Waals surface area contributed by atoms with E-state index < -0.39 is 10.8 Å². The summed E-state index contributed by atoms with van der Waals surface area (Å²) >= 11 is 0. The first-order valence-electron chi connectivity index (χ1n) is 6.97. The first kappa shape index (κ1) is 15.2. The maximum Gasteiger partial charge on any atom is 0.245 e. The third kappa shape index (κ3) is 3.10. The molecule has 1 saturated heterocycles. The number of benzene rings is 1. The van der Waals surface area contributed by atoms with Crippen LogP contribution in [0.15, 0.2) is 30.3 Å². The Morgan fingerprint density at radius 2 is 2.00 bits per heavy atom. The molecule has 1 aromatic rings. The van der Waals surface area contributed by atoms with Gasteiger partial charge in [-0.3, -0.25) is 14.3 Å². The summed E-state index contributed by atoms with van der Waals surface area (Å²) in [6.07, 6.45) is 2.54. The Morgan fingerprint density at radius 3 is 2.55 bits per heavy atom. The Labute approximate surface area is 123 Å². The van der Waals surface area contributed by atoms with Gasteiger partial charge in [-0.1, -0.05) is 37.3 Å². The zero-order valence-electron chi connectivity index (χ0n) is 12.2. The number of hydrogen-bond donors (Lipinski definition) is 1. The van der Waals surface area contributed by atoms with Crippen LogP contribution in [-0.2, 0) is 15.6 Å². The van der Waals surface area contributed by atoms with Crippen molar-refractivity contribution in [2.24, 2.45) is 0 Å². The number of carbonyl (C=O) groups is 1. The van der Waals surface area contributed by atoms with Crippen molar-refractivity contribution in [3.8, 4) is 0 Å². The van der Waals surface area contributed by atoms with E-state index in [9.17, 15) is 9.00 Å². The second-order valence-corrected chi connectivity index (χ2v) is 6.75. The van der Waals surface area contributed by atoms with Crippen molar-refractivity contribution in [2.45, 2.75) is 38.5 Å². The smallest absolute Gasteiger partial charge is 0.245 e. The normalized spacial score (nSPS) is 25.8. The molecule has 0 aliphatic carbocycles. The summed E-state index contributed by atoms with van der Waals surface area (Å²) in [6.45, 7) is 4.03. The van der Waals surface area contributed by atoms with Crippen LogP contribution in [0.4, 0.5) is 0 Å². The van der Waals surface area contributed by atoms with E-state index in [-0.39, 0.29) is 24.2 Å². The van der Waals surface area contributed by atoms with Gasteiger partial charge < -0.3 is 4.90 Å². The van der Waals surface area contributed by atoms with Crippen LogP contribution in [0.3, 0.4) is 0 Å². The predicted molar refractivity (Wildman–Crippen MR) is 81.6 cm³/mol. The van der Waals surface area contributed by atoms with E-state index in [1.165, 1.54) is 0 Å². The van der Waals surface area contributed by atoms with E-state index in [2.05, 4.69) is 12.2 Å². The molecule has 20 heavy (non-hydrogen) atoms. The fourth-order valence-corrected chi connectivity index (χ4v) is 3.63. The number of amides is 1. The Bertz CT molecular complexity index is 492.